The van der Waals surface area contributed by atoms with Crippen molar-refractivity contribution >= 4 is 72.7 Å². The van der Waals surface area contributed by atoms with Gasteiger partial charge in [0.25, 0.3) is 5.69 Å². The molecule has 0 saturated carbocycles. The van der Waals surface area contributed by atoms with Crippen molar-refractivity contribution < 1.29 is 9.66 Å². The number of nitrogens with zero attached hydrogens (tertiary/aromatic N) is 2. The minimum atomic E-state index is -0.447. The lowest BCUT2D eigenvalue weighted by Gasteiger charge is -2.12. The summed E-state index contributed by atoms with van der Waals surface area (Å²) in [6.07, 6.45) is 1.66. The number of hydrogen-bond acceptors (Lipinski definition) is 4. The maximum absolute atomic E-state index is 10.7. The van der Waals surface area contributed by atoms with Crippen LogP contribution >= 0.6 is 55.1 Å². The van der Waals surface area contributed by atoms with Crippen molar-refractivity contribution in [3.8, 4) is 5.75 Å². The normalized spacial score (nSPS) is 11.0. The summed E-state index contributed by atoms with van der Waals surface area (Å²) >= 11 is 19.1. The Morgan fingerprint density at radius 1 is 1.03 bits per heavy atom. The first kappa shape index (κ1) is 21.8. The zero-order valence-corrected chi connectivity index (χ0v) is 19.3. The van der Waals surface area contributed by atoms with Gasteiger partial charge in [-0.15, -0.1) is 0 Å². The second-order valence-corrected chi connectivity index (χ2v) is 8.42. The van der Waals surface area contributed by atoms with Crippen LogP contribution in [0, 0.1) is 10.1 Å². The van der Waals surface area contributed by atoms with Crippen LogP contribution in [0.15, 0.2) is 68.5 Å². The van der Waals surface area contributed by atoms with Crippen LogP contribution in [0.5, 0.6) is 5.75 Å². The molecule has 148 valence electrons. The molecule has 0 amide bonds. The summed E-state index contributed by atoms with van der Waals surface area (Å²) in [5.41, 5.74) is 2.27. The molecule has 0 aliphatic rings. The van der Waals surface area contributed by atoms with Gasteiger partial charge in [-0.1, -0.05) is 29.3 Å². The molecule has 0 atom stereocenters. The summed E-state index contributed by atoms with van der Waals surface area (Å²) in [5, 5.41) is 11.8. The number of benzene rings is 3. The Balaban J connectivity index is 1.73. The largest absolute Gasteiger partial charge is 0.486 e. The molecular formula is C20H12Br2Cl2N2O3. The van der Waals surface area contributed by atoms with Gasteiger partial charge in [0.05, 0.1) is 19.6 Å². The Morgan fingerprint density at radius 3 is 2.28 bits per heavy atom. The highest BCUT2D eigenvalue weighted by atomic mass is 79.9. The van der Waals surface area contributed by atoms with Crippen LogP contribution in [0.25, 0.3) is 0 Å². The molecule has 0 aromatic heterocycles. The van der Waals surface area contributed by atoms with Crippen LogP contribution in [-0.2, 0) is 6.61 Å². The van der Waals surface area contributed by atoms with Crippen LogP contribution in [0.4, 0.5) is 11.4 Å². The van der Waals surface area contributed by atoms with Crippen molar-refractivity contribution in [2.75, 3.05) is 0 Å². The standard InChI is InChI=1S/C20H12Br2Cl2N2O3/c21-17-7-12(10-25-15-3-5-16(6-4-15)26(27)28)8-18(22)20(17)29-11-13-1-2-14(23)9-19(13)24/h1-10H,11H2. The van der Waals surface area contributed by atoms with Gasteiger partial charge in [0.2, 0.25) is 0 Å². The zero-order valence-electron chi connectivity index (χ0n) is 14.6. The number of rotatable bonds is 6. The van der Waals surface area contributed by atoms with Gasteiger partial charge >= 0.3 is 0 Å². The molecule has 9 heteroatoms. The minimum Gasteiger partial charge on any atom is -0.486 e. The van der Waals surface area contributed by atoms with E-state index >= 15 is 0 Å². The number of halogens is 4. The van der Waals surface area contributed by atoms with E-state index in [1.165, 1.54) is 12.1 Å². The summed E-state index contributed by atoms with van der Waals surface area (Å²) in [6.45, 7) is 0.281. The van der Waals surface area contributed by atoms with Gasteiger partial charge in [-0.05, 0) is 73.8 Å². The highest BCUT2D eigenvalue weighted by molar-refractivity contribution is 9.11. The first-order valence-electron chi connectivity index (χ1n) is 8.18. The smallest absolute Gasteiger partial charge is 0.269 e. The Bertz CT molecular complexity index is 1070. The number of ether oxygens (including phenoxy) is 1. The summed E-state index contributed by atoms with van der Waals surface area (Å²) in [6, 6.07) is 15.0. The third-order valence-electron chi connectivity index (χ3n) is 3.83. The van der Waals surface area contributed by atoms with Gasteiger partial charge in [-0.3, -0.25) is 15.1 Å². The minimum absolute atomic E-state index is 0.0248. The second kappa shape index (κ2) is 9.71. The maximum Gasteiger partial charge on any atom is 0.269 e. The van der Waals surface area contributed by atoms with E-state index in [2.05, 4.69) is 36.9 Å². The molecule has 29 heavy (non-hydrogen) atoms. The molecule has 3 aromatic carbocycles. The highest BCUT2D eigenvalue weighted by Crippen LogP contribution is 2.35. The van der Waals surface area contributed by atoms with Crippen molar-refractivity contribution in [2.24, 2.45) is 4.99 Å². The molecule has 0 radical (unpaired) electrons. The number of nitro benzene ring substituents is 1. The van der Waals surface area contributed by atoms with Gasteiger partial charge in [0, 0.05) is 34.0 Å². The van der Waals surface area contributed by atoms with Gasteiger partial charge in [-0.25, -0.2) is 0 Å². The van der Waals surface area contributed by atoms with E-state index in [1.54, 1.807) is 30.5 Å². The molecule has 3 aromatic rings. The van der Waals surface area contributed by atoms with E-state index in [4.69, 9.17) is 27.9 Å². The summed E-state index contributed by atoms with van der Waals surface area (Å²) in [4.78, 5) is 14.6. The molecule has 0 bridgehead atoms. The highest BCUT2D eigenvalue weighted by Gasteiger charge is 2.10. The summed E-state index contributed by atoms with van der Waals surface area (Å²) in [5.74, 6) is 0.628. The average Bonchev–Trinajstić information content (AvgIpc) is 2.67. The van der Waals surface area contributed by atoms with Crippen molar-refractivity contribution in [3.05, 3.63) is 94.8 Å². The topological polar surface area (TPSA) is 64.7 Å². The molecule has 0 aliphatic carbocycles. The van der Waals surface area contributed by atoms with E-state index in [-0.39, 0.29) is 12.3 Å². The van der Waals surface area contributed by atoms with E-state index in [0.29, 0.717) is 21.5 Å². The van der Waals surface area contributed by atoms with Crippen LogP contribution < -0.4 is 4.74 Å². The molecular weight excluding hydrogens is 547 g/mol. The van der Waals surface area contributed by atoms with Gasteiger partial charge in [0.15, 0.2) is 0 Å². The molecule has 0 aliphatic heterocycles. The summed E-state index contributed by atoms with van der Waals surface area (Å²) in [7, 11) is 0. The SMILES string of the molecule is O=[N+]([O-])c1ccc(N=Cc2cc(Br)c(OCc3ccc(Cl)cc3Cl)c(Br)c2)cc1. The Morgan fingerprint density at radius 2 is 1.69 bits per heavy atom. The number of hydrogen-bond donors (Lipinski definition) is 0. The molecule has 5 nitrogen and oxygen atoms in total. The lowest BCUT2D eigenvalue weighted by Crippen LogP contribution is -1.98. The third-order valence-corrected chi connectivity index (χ3v) is 5.60. The molecule has 0 heterocycles. The van der Waals surface area contributed by atoms with Crippen LogP contribution in [0.3, 0.4) is 0 Å². The van der Waals surface area contributed by atoms with Crippen LogP contribution in [-0.4, -0.2) is 11.1 Å². The van der Waals surface area contributed by atoms with Crippen molar-refractivity contribution in [3.63, 3.8) is 0 Å². The lowest BCUT2D eigenvalue weighted by molar-refractivity contribution is -0.384. The van der Waals surface area contributed by atoms with Crippen LogP contribution in [0.1, 0.15) is 11.1 Å². The Hall–Kier alpha value is -1.93. The second-order valence-electron chi connectivity index (χ2n) is 5.87. The van der Waals surface area contributed by atoms with Crippen LogP contribution in [0.2, 0.25) is 10.0 Å². The van der Waals surface area contributed by atoms with E-state index in [9.17, 15) is 10.1 Å². The molecule has 0 N–H and O–H groups in total. The first-order chi connectivity index (χ1) is 13.8. The quantitative estimate of drug-likeness (QED) is 0.176. The predicted octanol–water partition coefficient (Wildman–Crippen LogP) is 7.76. The van der Waals surface area contributed by atoms with Crippen molar-refractivity contribution in [2.45, 2.75) is 6.61 Å². The molecule has 0 unspecified atom stereocenters. The fourth-order valence-electron chi connectivity index (χ4n) is 2.39. The van der Waals surface area contributed by atoms with Gasteiger partial charge < -0.3 is 4.74 Å². The monoisotopic (exact) mass is 556 g/mol. The van der Waals surface area contributed by atoms with Crippen molar-refractivity contribution in [1.29, 1.82) is 0 Å². The lowest BCUT2D eigenvalue weighted by atomic mass is 10.2. The van der Waals surface area contributed by atoms with E-state index in [0.717, 1.165) is 20.1 Å². The third kappa shape index (κ3) is 5.79. The Labute approximate surface area is 193 Å². The maximum atomic E-state index is 10.7. The Kier molecular flexibility index (Phi) is 7.29. The molecule has 0 spiro atoms. The number of non-ortho nitro benzene ring substituents is 1. The molecule has 0 saturated heterocycles. The summed E-state index contributed by atoms with van der Waals surface area (Å²) < 4.78 is 7.37. The molecule has 0 fully saturated rings. The average molecular weight is 559 g/mol. The van der Waals surface area contributed by atoms with Gasteiger partial charge in [0.1, 0.15) is 12.4 Å². The van der Waals surface area contributed by atoms with Gasteiger partial charge in [-0.2, -0.15) is 0 Å². The fourth-order valence-corrected chi connectivity index (χ4v) is 4.30. The predicted molar refractivity (Wildman–Crippen MR) is 123 cm³/mol. The zero-order chi connectivity index (χ0) is 21.0. The van der Waals surface area contributed by atoms with Crippen molar-refractivity contribution in [1.82, 2.24) is 0 Å². The van der Waals surface area contributed by atoms with E-state index < -0.39 is 4.92 Å². The van der Waals surface area contributed by atoms with E-state index in [1.807, 2.05) is 18.2 Å². The molecule has 3 rings (SSSR count). The number of nitro groups is 1. The first-order valence-corrected chi connectivity index (χ1v) is 10.5. The number of aliphatic imine (C=N–C) groups is 1. The fraction of sp³-hybridized carbons (Fsp3) is 0.0500.